The van der Waals surface area contributed by atoms with Gasteiger partial charge < -0.3 is 10.4 Å². The number of nitrogens with one attached hydrogen (secondary N) is 1. The molecular formula is C14H18N2O3. The highest BCUT2D eigenvalue weighted by Crippen LogP contribution is 2.30. The van der Waals surface area contributed by atoms with Crippen LogP contribution in [0.25, 0.3) is 0 Å². The first-order valence-electron chi connectivity index (χ1n) is 6.56. The van der Waals surface area contributed by atoms with Gasteiger partial charge in [-0.15, -0.1) is 0 Å². The number of carboxylic acids is 1. The van der Waals surface area contributed by atoms with Gasteiger partial charge in [0, 0.05) is 24.9 Å². The fourth-order valence-corrected chi connectivity index (χ4v) is 2.46. The third-order valence-corrected chi connectivity index (χ3v) is 3.59. The average Bonchev–Trinajstić information content (AvgIpc) is 2.89. The maximum atomic E-state index is 11.9. The Balaban J connectivity index is 1.72. The van der Waals surface area contributed by atoms with E-state index in [2.05, 4.69) is 10.3 Å². The molecule has 1 fully saturated rings. The monoisotopic (exact) mass is 262 g/mol. The minimum Gasteiger partial charge on any atom is -0.481 e. The number of carboxylic acid groups (broad SMARTS) is 1. The molecule has 1 aliphatic carbocycles. The van der Waals surface area contributed by atoms with E-state index in [0.717, 1.165) is 12.0 Å². The first kappa shape index (κ1) is 13.5. The van der Waals surface area contributed by atoms with E-state index in [9.17, 15) is 9.59 Å². The predicted octanol–water partition coefficient (Wildman–Crippen LogP) is 1.24. The maximum Gasteiger partial charge on any atom is 0.306 e. The van der Waals surface area contributed by atoms with Crippen LogP contribution < -0.4 is 5.32 Å². The molecule has 0 saturated heterocycles. The second kappa shape index (κ2) is 6.31. The van der Waals surface area contributed by atoms with E-state index in [1.54, 1.807) is 12.4 Å². The van der Waals surface area contributed by atoms with Gasteiger partial charge in [-0.1, -0.05) is 6.07 Å². The first-order valence-corrected chi connectivity index (χ1v) is 6.56. The topological polar surface area (TPSA) is 79.3 Å². The number of hydrogen-bond donors (Lipinski definition) is 2. The van der Waals surface area contributed by atoms with E-state index in [0.29, 0.717) is 25.8 Å². The fraction of sp³-hybridized carbons (Fsp3) is 0.500. The lowest BCUT2D eigenvalue weighted by atomic mass is 10.0. The maximum absolute atomic E-state index is 11.9. The molecule has 2 rings (SSSR count). The van der Waals surface area contributed by atoms with Gasteiger partial charge in [0.15, 0.2) is 0 Å². The highest BCUT2D eigenvalue weighted by Gasteiger charge is 2.33. The standard InChI is InChI=1S/C14H18N2O3/c17-13(11-3-4-12(8-11)14(18)19)16-7-5-10-2-1-6-15-9-10/h1-2,6,9,11-12H,3-5,7-8H2,(H,16,17)(H,18,19)/t11-,12+/m1/s1. The lowest BCUT2D eigenvalue weighted by molar-refractivity contribution is -0.141. The Morgan fingerprint density at radius 2 is 2.16 bits per heavy atom. The Labute approximate surface area is 112 Å². The number of amides is 1. The van der Waals surface area contributed by atoms with Crippen LogP contribution >= 0.6 is 0 Å². The molecule has 1 aliphatic rings. The van der Waals surface area contributed by atoms with Gasteiger partial charge >= 0.3 is 5.97 Å². The number of pyridine rings is 1. The van der Waals surface area contributed by atoms with Crippen molar-refractivity contribution in [1.29, 1.82) is 0 Å². The zero-order valence-electron chi connectivity index (χ0n) is 10.7. The van der Waals surface area contributed by atoms with Crippen molar-refractivity contribution in [1.82, 2.24) is 10.3 Å². The SMILES string of the molecule is O=C(O)[C@H]1CC[C@@H](C(=O)NCCc2cccnc2)C1. The van der Waals surface area contributed by atoms with Crippen LogP contribution in [0.3, 0.4) is 0 Å². The van der Waals surface area contributed by atoms with Gasteiger partial charge in [0.25, 0.3) is 0 Å². The number of aliphatic carboxylic acids is 1. The molecule has 5 heteroatoms. The lowest BCUT2D eigenvalue weighted by Gasteiger charge is -2.10. The van der Waals surface area contributed by atoms with Crippen molar-refractivity contribution < 1.29 is 14.7 Å². The summed E-state index contributed by atoms with van der Waals surface area (Å²) in [5, 5.41) is 11.8. The number of hydrogen-bond acceptors (Lipinski definition) is 3. The molecule has 1 aromatic heterocycles. The third kappa shape index (κ3) is 3.77. The van der Waals surface area contributed by atoms with Crippen molar-refractivity contribution in [3.8, 4) is 0 Å². The molecule has 0 bridgehead atoms. The zero-order valence-corrected chi connectivity index (χ0v) is 10.7. The minimum atomic E-state index is -0.786. The van der Waals surface area contributed by atoms with Crippen molar-refractivity contribution in [2.75, 3.05) is 6.54 Å². The van der Waals surface area contributed by atoms with Gasteiger partial charge in [-0.25, -0.2) is 0 Å². The van der Waals surface area contributed by atoms with Crippen LogP contribution in [0.4, 0.5) is 0 Å². The lowest BCUT2D eigenvalue weighted by Crippen LogP contribution is -2.31. The Bertz CT molecular complexity index is 447. The Kier molecular flexibility index (Phi) is 4.49. The number of carbonyl (C=O) groups is 2. The summed E-state index contributed by atoms with van der Waals surface area (Å²) in [6.45, 7) is 0.568. The van der Waals surface area contributed by atoms with Crippen LogP contribution in [0, 0.1) is 11.8 Å². The summed E-state index contributed by atoms with van der Waals surface area (Å²) in [6, 6.07) is 3.83. The molecule has 1 amide bonds. The second-order valence-corrected chi connectivity index (χ2v) is 4.95. The van der Waals surface area contributed by atoms with Gasteiger partial charge in [0.2, 0.25) is 5.91 Å². The predicted molar refractivity (Wildman–Crippen MR) is 69.4 cm³/mol. The van der Waals surface area contributed by atoms with Crippen molar-refractivity contribution in [2.24, 2.45) is 11.8 Å². The number of nitrogens with zero attached hydrogens (tertiary/aromatic N) is 1. The van der Waals surface area contributed by atoms with E-state index in [1.165, 1.54) is 0 Å². The quantitative estimate of drug-likeness (QED) is 0.836. The molecular weight excluding hydrogens is 244 g/mol. The number of rotatable bonds is 5. The second-order valence-electron chi connectivity index (χ2n) is 4.95. The van der Waals surface area contributed by atoms with Crippen LogP contribution in [-0.2, 0) is 16.0 Å². The zero-order chi connectivity index (χ0) is 13.7. The van der Waals surface area contributed by atoms with E-state index in [1.807, 2.05) is 12.1 Å². The smallest absolute Gasteiger partial charge is 0.306 e. The van der Waals surface area contributed by atoms with Crippen LogP contribution in [0.15, 0.2) is 24.5 Å². The molecule has 0 spiro atoms. The van der Waals surface area contributed by atoms with Crippen LogP contribution in [-0.4, -0.2) is 28.5 Å². The van der Waals surface area contributed by atoms with Crippen LogP contribution in [0.5, 0.6) is 0 Å². The van der Waals surface area contributed by atoms with Crippen molar-refractivity contribution >= 4 is 11.9 Å². The molecule has 1 heterocycles. The van der Waals surface area contributed by atoms with Crippen molar-refractivity contribution in [3.05, 3.63) is 30.1 Å². The molecule has 2 atom stereocenters. The molecule has 19 heavy (non-hydrogen) atoms. The summed E-state index contributed by atoms with van der Waals surface area (Å²) in [5.41, 5.74) is 1.08. The van der Waals surface area contributed by atoms with Crippen LogP contribution in [0.2, 0.25) is 0 Å². The molecule has 1 saturated carbocycles. The molecule has 0 aromatic carbocycles. The minimum absolute atomic E-state index is 0.0207. The Morgan fingerprint density at radius 3 is 2.79 bits per heavy atom. The summed E-state index contributed by atoms with van der Waals surface area (Å²) in [4.78, 5) is 26.7. The molecule has 0 aliphatic heterocycles. The summed E-state index contributed by atoms with van der Waals surface area (Å²) < 4.78 is 0. The normalized spacial score (nSPS) is 22.1. The van der Waals surface area contributed by atoms with E-state index >= 15 is 0 Å². The Morgan fingerprint density at radius 1 is 1.37 bits per heavy atom. The summed E-state index contributed by atoms with van der Waals surface area (Å²) in [5.74, 6) is -1.30. The average molecular weight is 262 g/mol. The molecule has 1 aromatic rings. The first-order chi connectivity index (χ1) is 9.16. The summed E-state index contributed by atoms with van der Waals surface area (Å²) in [6.07, 6.45) is 5.99. The van der Waals surface area contributed by atoms with Crippen LogP contribution in [0.1, 0.15) is 24.8 Å². The third-order valence-electron chi connectivity index (χ3n) is 3.59. The largest absolute Gasteiger partial charge is 0.481 e. The number of carbonyl (C=O) groups excluding carboxylic acids is 1. The highest BCUT2D eigenvalue weighted by atomic mass is 16.4. The van der Waals surface area contributed by atoms with Crippen molar-refractivity contribution in [3.63, 3.8) is 0 Å². The molecule has 0 radical (unpaired) electrons. The summed E-state index contributed by atoms with van der Waals surface area (Å²) in [7, 11) is 0. The number of aromatic nitrogens is 1. The van der Waals surface area contributed by atoms with E-state index in [4.69, 9.17) is 5.11 Å². The molecule has 2 N–H and O–H groups in total. The van der Waals surface area contributed by atoms with Gasteiger partial charge in [-0.05, 0) is 37.3 Å². The highest BCUT2D eigenvalue weighted by molar-refractivity contribution is 5.80. The molecule has 5 nitrogen and oxygen atoms in total. The van der Waals surface area contributed by atoms with E-state index in [-0.39, 0.29) is 17.7 Å². The van der Waals surface area contributed by atoms with Gasteiger partial charge in [-0.3, -0.25) is 14.6 Å². The Hall–Kier alpha value is -1.91. The van der Waals surface area contributed by atoms with Gasteiger partial charge in [-0.2, -0.15) is 0 Å². The molecule has 0 unspecified atom stereocenters. The van der Waals surface area contributed by atoms with Crippen molar-refractivity contribution in [2.45, 2.75) is 25.7 Å². The van der Waals surface area contributed by atoms with Gasteiger partial charge in [0.05, 0.1) is 5.92 Å². The summed E-state index contributed by atoms with van der Waals surface area (Å²) >= 11 is 0. The fourth-order valence-electron chi connectivity index (χ4n) is 2.46. The van der Waals surface area contributed by atoms with E-state index < -0.39 is 5.97 Å². The van der Waals surface area contributed by atoms with Gasteiger partial charge in [0.1, 0.15) is 0 Å². The molecule has 102 valence electrons.